The molecule has 2 rings (SSSR count). The van der Waals surface area contributed by atoms with E-state index in [2.05, 4.69) is 11.9 Å². The highest BCUT2D eigenvalue weighted by Gasteiger charge is 2.21. The Hall–Kier alpha value is -1.29. The summed E-state index contributed by atoms with van der Waals surface area (Å²) in [6, 6.07) is 1.79. The van der Waals surface area contributed by atoms with Gasteiger partial charge in [-0.2, -0.15) is 0 Å². The van der Waals surface area contributed by atoms with E-state index >= 15 is 0 Å². The smallest absolute Gasteiger partial charge is 0.257 e. The van der Waals surface area contributed by atoms with Gasteiger partial charge >= 0.3 is 0 Å². The molecule has 0 aliphatic carbocycles. The molecule has 0 bridgehead atoms. The van der Waals surface area contributed by atoms with Gasteiger partial charge in [-0.3, -0.25) is 4.79 Å². The van der Waals surface area contributed by atoms with E-state index in [1.165, 1.54) is 6.26 Å². The van der Waals surface area contributed by atoms with Crippen molar-refractivity contribution in [1.82, 2.24) is 9.80 Å². The molecular formula is C11H16N2O2. The van der Waals surface area contributed by atoms with Crippen LogP contribution in [0, 0.1) is 6.92 Å². The zero-order valence-electron chi connectivity index (χ0n) is 9.19. The molecule has 1 amide bonds. The van der Waals surface area contributed by atoms with Crippen molar-refractivity contribution < 1.29 is 9.21 Å². The molecule has 4 heteroatoms. The van der Waals surface area contributed by atoms with Gasteiger partial charge < -0.3 is 14.2 Å². The monoisotopic (exact) mass is 208 g/mol. The first-order valence-corrected chi connectivity index (χ1v) is 5.20. The summed E-state index contributed by atoms with van der Waals surface area (Å²) in [7, 11) is 2.07. The molecule has 1 fully saturated rings. The first-order valence-electron chi connectivity index (χ1n) is 5.20. The van der Waals surface area contributed by atoms with E-state index in [4.69, 9.17) is 4.42 Å². The van der Waals surface area contributed by atoms with Gasteiger partial charge in [0, 0.05) is 26.2 Å². The fourth-order valence-electron chi connectivity index (χ4n) is 1.75. The Kier molecular flexibility index (Phi) is 2.77. The highest BCUT2D eigenvalue weighted by molar-refractivity contribution is 5.94. The van der Waals surface area contributed by atoms with E-state index in [0.29, 0.717) is 5.56 Å². The van der Waals surface area contributed by atoms with Crippen LogP contribution in [0.5, 0.6) is 0 Å². The third kappa shape index (κ3) is 2.21. The number of carbonyl (C=O) groups is 1. The van der Waals surface area contributed by atoms with Crippen LogP contribution in [0.3, 0.4) is 0 Å². The average Bonchev–Trinajstić information content (AvgIpc) is 2.65. The van der Waals surface area contributed by atoms with Crippen LogP contribution in [0.2, 0.25) is 0 Å². The molecule has 1 aromatic rings. The molecule has 0 spiro atoms. The minimum absolute atomic E-state index is 0.0833. The highest BCUT2D eigenvalue weighted by atomic mass is 16.3. The molecule has 0 unspecified atom stereocenters. The Labute approximate surface area is 89.5 Å². The second-order valence-corrected chi connectivity index (χ2v) is 4.04. The van der Waals surface area contributed by atoms with Crippen LogP contribution in [0.4, 0.5) is 0 Å². The summed E-state index contributed by atoms with van der Waals surface area (Å²) in [5, 5.41) is 0. The maximum Gasteiger partial charge on any atom is 0.257 e. The van der Waals surface area contributed by atoms with Gasteiger partial charge in [-0.25, -0.2) is 0 Å². The molecule has 4 nitrogen and oxygen atoms in total. The second-order valence-electron chi connectivity index (χ2n) is 4.04. The average molecular weight is 208 g/mol. The quantitative estimate of drug-likeness (QED) is 0.690. The number of amides is 1. The molecule has 1 saturated heterocycles. The molecule has 1 aromatic heterocycles. The van der Waals surface area contributed by atoms with E-state index in [9.17, 15) is 4.79 Å². The lowest BCUT2D eigenvalue weighted by Gasteiger charge is -2.32. The summed E-state index contributed by atoms with van der Waals surface area (Å²) < 4.78 is 5.14. The van der Waals surface area contributed by atoms with E-state index in [0.717, 1.165) is 31.9 Å². The fourth-order valence-corrected chi connectivity index (χ4v) is 1.75. The number of aryl methyl sites for hydroxylation is 1. The van der Waals surface area contributed by atoms with Crippen molar-refractivity contribution in [1.29, 1.82) is 0 Å². The van der Waals surface area contributed by atoms with E-state index < -0.39 is 0 Å². The summed E-state index contributed by atoms with van der Waals surface area (Å²) in [5.74, 6) is 0.868. The van der Waals surface area contributed by atoms with Crippen LogP contribution in [-0.4, -0.2) is 48.9 Å². The second kappa shape index (κ2) is 4.06. The molecule has 0 atom stereocenters. The van der Waals surface area contributed by atoms with Gasteiger partial charge in [0.25, 0.3) is 5.91 Å². The predicted octanol–water partition coefficient (Wildman–Crippen LogP) is 0.976. The third-order valence-electron chi connectivity index (χ3n) is 2.77. The first kappa shape index (κ1) is 10.2. The SMILES string of the molecule is Cc1cc(C(=O)N2CCN(C)CC2)co1. The standard InChI is InChI=1S/C11H16N2O2/c1-9-7-10(8-15-9)11(14)13-5-3-12(2)4-6-13/h7-8H,3-6H2,1-2H3. The van der Waals surface area contributed by atoms with E-state index in [-0.39, 0.29) is 5.91 Å². The van der Waals surface area contributed by atoms with Gasteiger partial charge in [0.05, 0.1) is 5.56 Å². The zero-order chi connectivity index (χ0) is 10.8. The number of piperazine rings is 1. The Morgan fingerprint density at radius 1 is 1.33 bits per heavy atom. The summed E-state index contributed by atoms with van der Waals surface area (Å²) in [6.07, 6.45) is 1.54. The lowest BCUT2D eigenvalue weighted by molar-refractivity contribution is 0.0663. The largest absolute Gasteiger partial charge is 0.469 e. The first-order chi connectivity index (χ1) is 7.16. The molecule has 0 aromatic carbocycles. The van der Waals surface area contributed by atoms with Crippen LogP contribution >= 0.6 is 0 Å². The Balaban J connectivity index is 2.02. The molecule has 82 valence electrons. The summed E-state index contributed by atoms with van der Waals surface area (Å²) in [4.78, 5) is 16.1. The number of carbonyl (C=O) groups excluding carboxylic acids is 1. The molecule has 0 N–H and O–H groups in total. The van der Waals surface area contributed by atoms with Crippen LogP contribution in [0.25, 0.3) is 0 Å². The van der Waals surface area contributed by atoms with Gasteiger partial charge in [0.2, 0.25) is 0 Å². The minimum Gasteiger partial charge on any atom is -0.469 e. The number of hydrogen-bond acceptors (Lipinski definition) is 3. The Bertz CT molecular complexity index is 351. The van der Waals surface area contributed by atoms with Gasteiger partial charge in [0.15, 0.2) is 0 Å². The van der Waals surface area contributed by atoms with Crippen molar-refractivity contribution in [2.45, 2.75) is 6.92 Å². The lowest BCUT2D eigenvalue weighted by Crippen LogP contribution is -2.47. The summed E-state index contributed by atoms with van der Waals surface area (Å²) in [5.41, 5.74) is 0.664. The molecule has 0 radical (unpaired) electrons. The number of hydrogen-bond donors (Lipinski definition) is 0. The number of likely N-dealkylation sites (N-methyl/N-ethyl adjacent to an activating group) is 1. The third-order valence-corrected chi connectivity index (χ3v) is 2.77. The van der Waals surface area contributed by atoms with Crippen LogP contribution in [0.1, 0.15) is 16.1 Å². The van der Waals surface area contributed by atoms with E-state index in [1.807, 2.05) is 11.8 Å². The summed E-state index contributed by atoms with van der Waals surface area (Å²) >= 11 is 0. The fraction of sp³-hybridized carbons (Fsp3) is 0.545. The summed E-state index contributed by atoms with van der Waals surface area (Å²) in [6.45, 7) is 5.35. The van der Waals surface area contributed by atoms with Gasteiger partial charge in [-0.05, 0) is 20.0 Å². The Morgan fingerprint density at radius 2 is 2.00 bits per heavy atom. The van der Waals surface area contributed by atoms with Crippen LogP contribution < -0.4 is 0 Å². The van der Waals surface area contributed by atoms with Crippen LogP contribution in [-0.2, 0) is 0 Å². The highest BCUT2D eigenvalue weighted by Crippen LogP contribution is 2.11. The predicted molar refractivity (Wildman–Crippen MR) is 56.8 cm³/mol. The molecule has 15 heavy (non-hydrogen) atoms. The van der Waals surface area contributed by atoms with Crippen LogP contribution in [0.15, 0.2) is 16.7 Å². The number of rotatable bonds is 1. The molecule has 1 aliphatic rings. The van der Waals surface area contributed by atoms with Crippen molar-refractivity contribution in [2.24, 2.45) is 0 Å². The Morgan fingerprint density at radius 3 is 2.53 bits per heavy atom. The molecule has 1 aliphatic heterocycles. The van der Waals surface area contributed by atoms with Crippen molar-refractivity contribution in [3.63, 3.8) is 0 Å². The number of nitrogens with zero attached hydrogens (tertiary/aromatic N) is 2. The van der Waals surface area contributed by atoms with Crippen molar-refractivity contribution in [3.05, 3.63) is 23.7 Å². The zero-order valence-corrected chi connectivity index (χ0v) is 9.19. The maximum absolute atomic E-state index is 12.0. The molecular weight excluding hydrogens is 192 g/mol. The number of furan rings is 1. The minimum atomic E-state index is 0.0833. The normalized spacial score (nSPS) is 18.1. The van der Waals surface area contributed by atoms with E-state index in [1.54, 1.807) is 6.07 Å². The van der Waals surface area contributed by atoms with Crippen molar-refractivity contribution in [2.75, 3.05) is 33.2 Å². The van der Waals surface area contributed by atoms with Crippen molar-refractivity contribution in [3.8, 4) is 0 Å². The maximum atomic E-state index is 12.0. The molecule has 0 saturated carbocycles. The topological polar surface area (TPSA) is 36.7 Å². The molecule has 2 heterocycles. The van der Waals surface area contributed by atoms with Gasteiger partial charge in [-0.15, -0.1) is 0 Å². The van der Waals surface area contributed by atoms with Gasteiger partial charge in [0.1, 0.15) is 12.0 Å². The lowest BCUT2D eigenvalue weighted by atomic mass is 10.2. The van der Waals surface area contributed by atoms with Crippen molar-refractivity contribution >= 4 is 5.91 Å². The van der Waals surface area contributed by atoms with Gasteiger partial charge in [-0.1, -0.05) is 0 Å².